The van der Waals surface area contributed by atoms with Crippen LogP contribution in [0.4, 0.5) is 0 Å². The lowest BCUT2D eigenvalue weighted by molar-refractivity contribution is 0.0832. The SMILES string of the molecule is CCCOc1ccc(C(=O)NNC(=O)c2cc3cccc(Br)c3o2)cc1OC. The molecule has 0 bridgehead atoms. The Bertz CT molecular complexity index is 1010. The van der Waals surface area contributed by atoms with E-state index in [2.05, 4.69) is 26.8 Å². The molecule has 2 amide bonds. The standard InChI is InChI=1S/C20H19BrN2O5/c1-3-9-27-15-8-7-13(11-16(15)26-2)19(24)22-23-20(25)17-10-12-5-4-6-14(21)18(12)28-17/h4-8,10-11H,3,9H2,1-2H3,(H,22,24)(H,23,25). The van der Waals surface area contributed by atoms with E-state index in [0.717, 1.165) is 16.3 Å². The first kappa shape index (κ1) is 19.8. The summed E-state index contributed by atoms with van der Waals surface area (Å²) in [5, 5.41) is 0.776. The third-order valence-electron chi connectivity index (χ3n) is 3.90. The number of hydrogen-bond acceptors (Lipinski definition) is 5. The predicted octanol–water partition coefficient (Wildman–Crippen LogP) is 4.07. The predicted molar refractivity (Wildman–Crippen MR) is 108 cm³/mol. The fourth-order valence-electron chi connectivity index (χ4n) is 2.53. The van der Waals surface area contributed by atoms with Gasteiger partial charge in [0.2, 0.25) is 0 Å². The normalized spacial score (nSPS) is 10.5. The molecule has 3 rings (SSSR count). The largest absolute Gasteiger partial charge is 0.493 e. The van der Waals surface area contributed by atoms with Crippen molar-refractivity contribution in [2.24, 2.45) is 0 Å². The van der Waals surface area contributed by atoms with Crippen molar-refractivity contribution < 1.29 is 23.5 Å². The average Bonchev–Trinajstić information content (AvgIpc) is 3.16. The van der Waals surface area contributed by atoms with E-state index in [0.29, 0.717) is 29.3 Å². The van der Waals surface area contributed by atoms with Crippen LogP contribution in [0.1, 0.15) is 34.3 Å². The minimum Gasteiger partial charge on any atom is -0.493 e. The number of halogens is 1. The number of rotatable bonds is 6. The molecule has 8 heteroatoms. The molecule has 2 N–H and O–H groups in total. The van der Waals surface area contributed by atoms with Gasteiger partial charge in [0, 0.05) is 10.9 Å². The smallest absolute Gasteiger partial charge is 0.305 e. The monoisotopic (exact) mass is 446 g/mol. The van der Waals surface area contributed by atoms with Gasteiger partial charge in [-0.3, -0.25) is 20.4 Å². The third kappa shape index (κ3) is 4.28. The van der Waals surface area contributed by atoms with Crippen LogP contribution in [-0.2, 0) is 0 Å². The third-order valence-corrected chi connectivity index (χ3v) is 4.52. The summed E-state index contributed by atoms with van der Waals surface area (Å²) in [6.07, 6.45) is 0.857. The van der Waals surface area contributed by atoms with Crippen LogP contribution in [0.25, 0.3) is 11.0 Å². The van der Waals surface area contributed by atoms with E-state index < -0.39 is 11.8 Å². The molecule has 7 nitrogen and oxygen atoms in total. The summed E-state index contributed by atoms with van der Waals surface area (Å²) in [6.45, 7) is 2.54. The number of carbonyl (C=O) groups excluding carboxylic acids is 2. The van der Waals surface area contributed by atoms with Crippen molar-refractivity contribution >= 4 is 38.7 Å². The second-order valence-corrected chi connectivity index (χ2v) is 6.75. The molecule has 0 saturated carbocycles. The number of carbonyl (C=O) groups is 2. The molecule has 28 heavy (non-hydrogen) atoms. The van der Waals surface area contributed by atoms with Gasteiger partial charge in [-0.05, 0) is 52.7 Å². The molecule has 0 spiro atoms. The molecular formula is C20H19BrN2O5. The molecule has 0 atom stereocenters. The molecule has 1 heterocycles. The number of para-hydroxylation sites is 1. The summed E-state index contributed by atoms with van der Waals surface area (Å²) in [4.78, 5) is 24.6. The van der Waals surface area contributed by atoms with Gasteiger partial charge < -0.3 is 13.9 Å². The number of amides is 2. The Balaban J connectivity index is 1.67. The van der Waals surface area contributed by atoms with Crippen LogP contribution in [-0.4, -0.2) is 25.5 Å². The first-order valence-corrected chi connectivity index (χ1v) is 9.42. The second kappa shape index (κ2) is 8.79. The Morgan fingerprint density at radius 1 is 1.07 bits per heavy atom. The summed E-state index contributed by atoms with van der Waals surface area (Å²) in [7, 11) is 1.50. The molecule has 1 aromatic heterocycles. The van der Waals surface area contributed by atoms with E-state index in [9.17, 15) is 9.59 Å². The minimum absolute atomic E-state index is 0.0862. The molecule has 0 aliphatic carbocycles. The summed E-state index contributed by atoms with van der Waals surface area (Å²) >= 11 is 3.37. The number of nitrogens with one attached hydrogen (secondary N) is 2. The van der Waals surface area contributed by atoms with Crippen LogP contribution in [0, 0.1) is 0 Å². The Morgan fingerprint density at radius 3 is 2.57 bits per heavy atom. The number of furan rings is 1. The molecule has 0 aliphatic rings. The van der Waals surface area contributed by atoms with Gasteiger partial charge in [0.1, 0.15) is 5.58 Å². The molecule has 2 aromatic carbocycles. The summed E-state index contributed by atoms with van der Waals surface area (Å²) in [6, 6.07) is 11.9. The fraction of sp³-hybridized carbons (Fsp3) is 0.200. The van der Waals surface area contributed by atoms with E-state index in [1.54, 1.807) is 24.3 Å². The maximum absolute atomic E-state index is 12.3. The van der Waals surface area contributed by atoms with Gasteiger partial charge in [-0.15, -0.1) is 0 Å². The second-order valence-electron chi connectivity index (χ2n) is 5.89. The van der Waals surface area contributed by atoms with E-state index in [1.807, 2.05) is 25.1 Å². The van der Waals surface area contributed by atoms with Crippen molar-refractivity contribution in [3.8, 4) is 11.5 Å². The number of fused-ring (bicyclic) bond motifs is 1. The minimum atomic E-state index is -0.564. The number of hydrazine groups is 1. The molecule has 0 saturated heterocycles. The topological polar surface area (TPSA) is 89.8 Å². The lowest BCUT2D eigenvalue weighted by Gasteiger charge is -2.12. The maximum Gasteiger partial charge on any atom is 0.305 e. The van der Waals surface area contributed by atoms with E-state index in [4.69, 9.17) is 13.9 Å². The highest BCUT2D eigenvalue weighted by Crippen LogP contribution is 2.28. The molecular weight excluding hydrogens is 428 g/mol. The lowest BCUT2D eigenvalue weighted by atomic mass is 10.2. The van der Waals surface area contributed by atoms with E-state index in [1.165, 1.54) is 7.11 Å². The molecule has 146 valence electrons. The molecule has 0 unspecified atom stereocenters. The highest BCUT2D eigenvalue weighted by molar-refractivity contribution is 9.10. The zero-order valence-electron chi connectivity index (χ0n) is 15.4. The van der Waals surface area contributed by atoms with Crippen LogP contribution in [0.5, 0.6) is 11.5 Å². The van der Waals surface area contributed by atoms with E-state index in [-0.39, 0.29) is 5.76 Å². The molecule has 0 fully saturated rings. The Kier molecular flexibility index (Phi) is 6.20. The number of benzene rings is 2. The van der Waals surface area contributed by atoms with Crippen LogP contribution in [0.3, 0.4) is 0 Å². The van der Waals surface area contributed by atoms with Gasteiger partial charge in [0.05, 0.1) is 18.2 Å². The average molecular weight is 447 g/mol. The zero-order valence-corrected chi connectivity index (χ0v) is 17.0. The highest BCUT2D eigenvalue weighted by Gasteiger charge is 2.16. The fourth-order valence-corrected chi connectivity index (χ4v) is 2.99. The van der Waals surface area contributed by atoms with Crippen LogP contribution in [0.15, 0.2) is 51.4 Å². The van der Waals surface area contributed by atoms with Crippen molar-refractivity contribution in [2.45, 2.75) is 13.3 Å². The first-order valence-electron chi connectivity index (χ1n) is 8.63. The van der Waals surface area contributed by atoms with Gasteiger partial charge in [-0.2, -0.15) is 0 Å². The Labute approximate surface area is 170 Å². The first-order chi connectivity index (χ1) is 13.5. The number of hydrogen-bond donors (Lipinski definition) is 2. The van der Waals surface area contributed by atoms with Gasteiger partial charge >= 0.3 is 5.91 Å². The number of ether oxygens (including phenoxy) is 2. The van der Waals surface area contributed by atoms with Crippen molar-refractivity contribution in [2.75, 3.05) is 13.7 Å². The van der Waals surface area contributed by atoms with Gasteiger partial charge in [-0.1, -0.05) is 19.1 Å². The highest BCUT2D eigenvalue weighted by atomic mass is 79.9. The molecule has 3 aromatic rings. The summed E-state index contributed by atoms with van der Waals surface area (Å²) in [5.74, 6) is 0.0211. The van der Waals surface area contributed by atoms with Crippen molar-refractivity contribution in [3.63, 3.8) is 0 Å². The van der Waals surface area contributed by atoms with Crippen LogP contribution < -0.4 is 20.3 Å². The van der Waals surface area contributed by atoms with Gasteiger partial charge in [0.25, 0.3) is 5.91 Å². The van der Waals surface area contributed by atoms with Crippen LogP contribution >= 0.6 is 15.9 Å². The van der Waals surface area contributed by atoms with Crippen molar-refractivity contribution in [3.05, 3.63) is 58.3 Å². The number of methoxy groups -OCH3 is 1. The quantitative estimate of drug-likeness (QED) is 0.557. The maximum atomic E-state index is 12.3. The van der Waals surface area contributed by atoms with Crippen molar-refractivity contribution in [1.29, 1.82) is 0 Å². The Hall–Kier alpha value is -3.00. The van der Waals surface area contributed by atoms with E-state index >= 15 is 0 Å². The van der Waals surface area contributed by atoms with Gasteiger partial charge in [-0.25, -0.2) is 0 Å². The lowest BCUT2D eigenvalue weighted by Crippen LogP contribution is -2.41. The Morgan fingerprint density at radius 2 is 1.86 bits per heavy atom. The summed E-state index contributed by atoms with van der Waals surface area (Å²) in [5.41, 5.74) is 5.58. The van der Waals surface area contributed by atoms with Crippen LogP contribution in [0.2, 0.25) is 0 Å². The van der Waals surface area contributed by atoms with Gasteiger partial charge in [0.15, 0.2) is 17.3 Å². The summed E-state index contributed by atoms with van der Waals surface area (Å²) < 4.78 is 17.1. The zero-order chi connectivity index (χ0) is 20.1. The molecule has 0 aliphatic heterocycles. The molecule has 0 radical (unpaired) electrons. The van der Waals surface area contributed by atoms with Crippen molar-refractivity contribution in [1.82, 2.24) is 10.9 Å².